The van der Waals surface area contributed by atoms with Crippen LogP contribution in [0.1, 0.15) is 29.5 Å². The molecule has 1 fully saturated rings. The van der Waals surface area contributed by atoms with E-state index in [2.05, 4.69) is 10.5 Å². The smallest absolute Gasteiger partial charge is 0.164 e. The Morgan fingerprint density at radius 2 is 2.64 bits per heavy atom. The summed E-state index contributed by atoms with van der Waals surface area (Å²) in [7, 11) is 0. The van der Waals surface area contributed by atoms with E-state index in [9.17, 15) is 4.79 Å². The summed E-state index contributed by atoms with van der Waals surface area (Å²) in [5, 5.41) is 6.96. The number of ketones is 1. The van der Waals surface area contributed by atoms with E-state index in [0.29, 0.717) is 11.5 Å². The van der Waals surface area contributed by atoms with Crippen molar-refractivity contribution in [2.45, 2.75) is 19.8 Å². The summed E-state index contributed by atoms with van der Waals surface area (Å²) < 4.78 is 5.09. The molecule has 1 unspecified atom stereocenters. The van der Waals surface area contributed by atoms with Crippen molar-refractivity contribution in [1.29, 1.82) is 0 Å². The van der Waals surface area contributed by atoms with E-state index in [1.54, 1.807) is 6.92 Å². The normalized spacial score (nSPS) is 21.4. The maximum atomic E-state index is 11.2. The van der Waals surface area contributed by atoms with Gasteiger partial charge >= 0.3 is 0 Å². The molecule has 0 saturated carbocycles. The van der Waals surface area contributed by atoms with Gasteiger partial charge in [0.1, 0.15) is 5.76 Å². The average molecular weight is 194 g/mol. The molecule has 0 aliphatic carbocycles. The number of Topliss-reactive ketones (excluding diaryl/α,β-unsaturated/α-hetero) is 1. The molecular formula is C10H14N2O2. The number of hydrogen-bond donors (Lipinski definition) is 1. The van der Waals surface area contributed by atoms with Gasteiger partial charge in [0.15, 0.2) is 5.78 Å². The van der Waals surface area contributed by atoms with E-state index in [4.69, 9.17) is 4.52 Å². The van der Waals surface area contributed by atoms with E-state index in [0.717, 1.165) is 31.7 Å². The molecule has 76 valence electrons. The molecule has 1 saturated heterocycles. The lowest BCUT2D eigenvalue weighted by Gasteiger charge is -2.04. The molecule has 14 heavy (non-hydrogen) atoms. The highest BCUT2D eigenvalue weighted by Gasteiger charge is 2.20. The van der Waals surface area contributed by atoms with Crippen LogP contribution < -0.4 is 5.32 Å². The van der Waals surface area contributed by atoms with Gasteiger partial charge in [-0.25, -0.2) is 0 Å². The van der Waals surface area contributed by atoms with E-state index in [1.165, 1.54) is 6.20 Å². The molecule has 1 atom stereocenters. The standard InChI is InChI=1S/C10H14N2O2/c1-7(13)9-6-12-14-10(9)4-8-2-3-11-5-8/h6,8,11H,2-5H2,1H3. The second kappa shape index (κ2) is 3.92. The molecule has 0 amide bonds. The Morgan fingerprint density at radius 1 is 1.79 bits per heavy atom. The van der Waals surface area contributed by atoms with E-state index >= 15 is 0 Å². The first kappa shape index (κ1) is 9.40. The zero-order chi connectivity index (χ0) is 9.97. The average Bonchev–Trinajstić information content (AvgIpc) is 2.75. The molecule has 4 nitrogen and oxygen atoms in total. The van der Waals surface area contributed by atoms with Gasteiger partial charge in [-0.1, -0.05) is 5.16 Å². The number of nitrogens with zero attached hydrogens (tertiary/aromatic N) is 1. The van der Waals surface area contributed by atoms with Gasteiger partial charge in [-0.2, -0.15) is 0 Å². The second-order valence-electron chi connectivity index (χ2n) is 3.78. The molecule has 2 rings (SSSR count). The van der Waals surface area contributed by atoms with Crippen LogP contribution in [-0.2, 0) is 6.42 Å². The molecular weight excluding hydrogens is 180 g/mol. The lowest BCUT2D eigenvalue weighted by atomic mass is 10.0. The maximum absolute atomic E-state index is 11.2. The summed E-state index contributed by atoms with van der Waals surface area (Å²) in [6.07, 6.45) is 3.49. The van der Waals surface area contributed by atoms with Gasteiger partial charge in [0.05, 0.1) is 11.8 Å². The van der Waals surface area contributed by atoms with E-state index < -0.39 is 0 Å². The zero-order valence-electron chi connectivity index (χ0n) is 8.25. The van der Waals surface area contributed by atoms with Crippen molar-refractivity contribution in [2.75, 3.05) is 13.1 Å². The van der Waals surface area contributed by atoms with Crippen LogP contribution in [0.25, 0.3) is 0 Å². The Kier molecular flexibility index (Phi) is 2.63. The molecule has 1 aliphatic heterocycles. The van der Waals surface area contributed by atoms with Gasteiger partial charge in [0, 0.05) is 6.42 Å². The Labute approximate surface area is 82.7 Å². The quantitative estimate of drug-likeness (QED) is 0.730. The van der Waals surface area contributed by atoms with Gasteiger partial charge in [-0.05, 0) is 32.4 Å². The number of carbonyl (C=O) groups is 1. The highest BCUT2D eigenvalue weighted by molar-refractivity contribution is 5.94. The summed E-state index contributed by atoms with van der Waals surface area (Å²) >= 11 is 0. The molecule has 0 aromatic carbocycles. The Balaban J connectivity index is 2.07. The highest BCUT2D eigenvalue weighted by atomic mass is 16.5. The largest absolute Gasteiger partial charge is 0.361 e. The molecule has 4 heteroatoms. The van der Waals surface area contributed by atoms with Crippen LogP contribution >= 0.6 is 0 Å². The third-order valence-electron chi connectivity index (χ3n) is 2.66. The van der Waals surface area contributed by atoms with Crippen molar-refractivity contribution in [3.8, 4) is 0 Å². The van der Waals surface area contributed by atoms with Crippen molar-refractivity contribution >= 4 is 5.78 Å². The van der Waals surface area contributed by atoms with Crippen LogP contribution in [0.5, 0.6) is 0 Å². The minimum Gasteiger partial charge on any atom is -0.361 e. The lowest BCUT2D eigenvalue weighted by molar-refractivity contribution is 0.101. The van der Waals surface area contributed by atoms with Gasteiger partial charge in [-0.15, -0.1) is 0 Å². The van der Waals surface area contributed by atoms with Crippen LogP contribution in [0.15, 0.2) is 10.7 Å². The Hall–Kier alpha value is -1.16. The van der Waals surface area contributed by atoms with Crippen LogP contribution in [0.3, 0.4) is 0 Å². The van der Waals surface area contributed by atoms with Crippen LogP contribution in [0.2, 0.25) is 0 Å². The number of hydrogen-bond acceptors (Lipinski definition) is 4. The lowest BCUT2D eigenvalue weighted by Crippen LogP contribution is -2.11. The van der Waals surface area contributed by atoms with Crippen LogP contribution in [0.4, 0.5) is 0 Å². The Morgan fingerprint density at radius 3 is 3.29 bits per heavy atom. The predicted molar refractivity (Wildman–Crippen MR) is 51.2 cm³/mol. The van der Waals surface area contributed by atoms with Crippen molar-refractivity contribution < 1.29 is 9.32 Å². The van der Waals surface area contributed by atoms with Gasteiger partial charge < -0.3 is 9.84 Å². The fourth-order valence-electron chi connectivity index (χ4n) is 1.85. The summed E-state index contributed by atoms with van der Waals surface area (Å²) in [5.41, 5.74) is 0.636. The van der Waals surface area contributed by atoms with Crippen molar-refractivity contribution in [2.24, 2.45) is 5.92 Å². The van der Waals surface area contributed by atoms with Crippen LogP contribution in [0, 0.1) is 5.92 Å². The molecule has 1 aliphatic rings. The maximum Gasteiger partial charge on any atom is 0.164 e. The fourth-order valence-corrected chi connectivity index (χ4v) is 1.85. The Bertz CT molecular complexity index is 327. The second-order valence-corrected chi connectivity index (χ2v) is 3.78. The summed E-state index contributed by atoms with van der Waals surface area (Å²) in [5.74, 6) is 1.36. The van der Waals surface area contributed by atoms with Crippen molar-refractivity contribution in [1.82, 2.24) is 10.5 Å². The topological polar surface area (TPSA) is 55.1 Å². The molecule has 1 N–H and O–H groups in total. The van der Waals surface area contributed by atoms with Crippen molar-refractivity contribution in [3.05, 3.63) is 17.5 Å². The SMILES string of the molecule is CC(=O)c1cnoc1CC1CCNC1. The van der Waals surface area contributed by atoms with Gasteiger partial charge in [0.25, 0.3) is 0 Å². The van der Waals surface area contributed by atoms with Crippen LogP contribution in [-0.4, -0.2) is 24.0 Å². The highest BCUT2D eigenvalue weighted by Crippen LogP contribution is 2.18. The third-order valence-corrected chi connectivity index (χ3v) is 2.66. The van der Waals surface area contributed by atoms with E-state index in [-0.39, 0.29) is 5.78 Å². The molecule has 0 radical (unpaired) electrons. The molecule has 0 bridgehead atoms. The first-order chi connectivity index (χ1) is 6.77. The number of aromatic nitrogens is 1. The van der Waals surface area contributed by atoms with Gasteiger partial charge in [0.2, 0.25) is 0 Å². The molecule has 0 spiro atoms. The first-order valence-corrected chi connectivity index (χ1v) is 4.92. The van der Waals surface area contributed by atoms with Crippen molar-refractivity contribution in [3.63, 3.8) is 0 Å². The number of carbonyl (C=O) groups excluding carboxylic acids is 1. The fraction of sp³-hybridized carbons (Fsp3) is 0.600. The molecule has 1 aromatic heterocycles. The number of rotatable bonds is 3. The summed E-state index contributed by atoms with van der Waals surface area (Å²) in [4.78, 5) is 11.2. The molecule has 1 aromatic rings. The zero-order valence-corrected chi connectivity index (χ0v) is 8.25. The minimum absolute atomic E-state index is 0.0345. The van der Waals surface area contributed by atoms with Gasteiger partial charge in [-0.3, -0.25) is 4.79 Å². The monoisotopic (exact) mass is 194 g/mol. The molecule has 2 heterocycles. The minimum atomic E-state index is 0.0345. The van der Waals surface area contributed by atoms with E-state index in [1.807, 2.05) is 0 Å². The first-order valence-electron chi connectivity index (χ1n) is 4.92. The number of nitrogens with one attached hydrogen (secondary N) is 1. The summed E-state index contributed by atoms with van der Waals surface area (Å²) in [6.45, 7) is 3.62. The predicted octanol–water partition coefficient (Wildman–Crippen LogP) is 1.03. The summed E-state index contributed by atoms with van der Waals surface area (Å²) in [6, 6.07) is 0. The third kappa shape index (κ3) is 1.85.